The second-order valence-electron chi connectivity index (χ2n) is 7.41. The summed E-state index contributed by atoms with van der Waals surface area (Å²) >= 11 is 0. The summed E-state index contributed by atoms with van der Waals surface area (Å²) in [5.41, 5.74) is 2.39. The first kappa shape index (κ1) is 20.4. The number of anilines is 2. The molecule has 1 aliphatic heterocycles. The fourth-order valence-corrected chi connectivity index (χ4v) is 4.13. The smallest absolute Gasteiger partial charge is 0.238 e. The number of hydrogen-bond donors (Lipinski definition) is 2. The highest BCUT2D eigenvalue weighted by atomic mass is 32.2. The van der Waals surface area contributed by atoms with Gasteiger partial charge in [-0.25, -0.2) is 8.42 Å². The van der Waals surface area contributed by atoms with Gasteiger partial charge in [-0.2, -0.15) is 0 Å². The molecule has 1 amide bonds. The van der Waals surface area contributed by atoms with E-state index in [1.807, 2.05) is 6.07 Å². The second kappa shape index (κ2) is 9.21. The van der Waals surface area contributed by atoms with Gasteiger partial charge in [0, 0.05) is 5.69 Å². The summed E-state index contributed by atoms with van der Waals surface area (Å²) in [6, 6.07) is 17.3. The topological polar surface area (TPSA) is 78.5 Å². The average molecular weight is 402 g/mol. The van der Waals surface area contributed by atoms with Crippen LogP contribution in [0, 0.1) is 5.92 Å². The Balaban J connectivity index is 1.45. The van der Waals surface area contributed by atoms with Crippen molar-refractivity contribution < 1.29 is 13.2 Å². The molecule has 6 nitrogen and oxygen atoms in total. The lowest BCUT2D eigenvalue weighted by atomic mass is 9.90. The number of nitrogens with zero attached hydrogens (tertiary/aromatic N) is 1. The zero-order valence-corrected chi connectivity index (χ0v) is 16.9. The summed E-state index contributed by atoms with van der Waals surface area (Å²) in [6.07, 6.45) is 4.38. The average Bonchev–Trinajstić information content (AvgIpc) is 2.63. The molecule has 0 radical (unpaired) electrons. The van der Waals surface area contributed by atoms with E-state index in [1.165, 1.54) is 5.56 Å². The molecule has 7 heteroatoms. The zero-order chi connectivity index (χ0) is 20.0. The molecule has 2 aromatic rings. The Hall–Kier alpha value is -2.38. The molecule has 3 rings (SSSR count). The number of hydrogen-bond acceptors (Lipinski definition) is 4. The fourth-order valence-electron chi connectivity index (χ4n) is 3.57. The molecule has 1 saturated heterocycles. The van der Waals surface area contributed by atoms with E-state index in [-0.39, 0.29) is 5.91 Å². The lowest BCUT2D eigenvalue weighted by Gasteiger charge is -2.31. The number of benzene rings is 2. The maximum absolute atomic E-state index is 12.4. The Morgan fingerprint density at radius 2 is 1.71 bits per heavy atom. The van der Waals surface area contributed by atoms with Crippen molar-refractivity contribution in [3.63, 3.8) is 0 Å². The maximum atomic E-state index is 12.4. The molecule has 0 unspecified atom stereocenters. The molecule has 0 aromatic heterocycles. The van der Waals surface area contributed by atoms with E-state index in [0.717, 1.165) is 38.6 Å². The van der Waals surface area contributed by atoms with Crippen molar-refractivity contribution in [2.75, 3.05) is 35.9 Å². The summed E-state index contributed by atoms with van der Waals surface area (Å²) in [4.78, 5) is 14.5. The predicted octanol–water partition coefficient (Wildman–Crippen LogP) is 2.95. The number of carbonyl (C=O) groups is 1. The molecular weight excluding hydrogens is 374 g/mol. The molecular formula is C21H27N3O3S. The van der Waals surface area contributed by atoms with E-state index in [1.54, 1.807) is 24.3 Å². The van der Waals surface area contributed by atoms with Gasteiger partial charge in [-0.1, -0.05) is 36.4 Å². The van der Waals surface area contributed by atoms with E-state index in [2.05, 4.69) is 39.2 Å². The molecule has 2 aromatic carbocycles. The SMILES string of the molecule is CS(=O)(=O)Nc1cccc(NC(=O)CN2CCC(Cc3ccccc3)CC2)c1. The van der Waals surface area contributed by atoms with E-state index >= 15 is 0 Å². The summed E-state index contributed by atoms with van der Waals surface area (Å²) in [5, 5.41) is 2.85. The molecule has 0 atom stereocenters. The minimum atomic E-state index is -3.34. The summed E-state index contributed by atoms with van der Waals surface area (Å²) in [7, 11) is -3.34. The maximum Gasteiger partial charge on any atom is 0.238 e. The number of sulfonamides is 1. The lowest BCUT2D eigenvalue weighted by Crippen LogP contribution is -2.39. The summed E-state index contributed by atoms with van der Waals surface area (Å²) < 4.78 is 25.1. The van der Waals surface area contributed by atoms with Crippen molar-refractivity contribution in [2.24, 2.45) is 5.92 Å². The van der Waals surface area contributed by atoms with Crippen molar-refractivity contribution in [2.45, 2.75) is 19.3 Å². The molecule has 2 N–H and O–H groups in total. The number of carbonyl (C=O) groups excluding carboxylic acids is 1. The van der Waals surface area contributed by atoms with Crippen LogP contribution in [0.5, 0.6) is 0 Å². The highest BCUT2D eigenvalue weighted by Gasteiger charge is 2.21. The van der Waals surface area contributed by atoms with Gasteiger partial charge in [0.2, 0.25) is 15.9 Å². The Morgan fingerprint density at radius 3 is 2.39 bits per heavy atom. The van der Waals surface area contributed by atoms with Crippen LogP contribution < -0.4 is 10.0 Å². The summed E-state index contributed by atoms with van der Waals surface area (Å²) in [5.74, 6) is 0.582. The van der Waals surface area contributed by atoms with Gasteiger partial charge in [-0.3, -0.25) is 14.4 Å². The third-order valence-electron chi connectivity index (χ3n) is 4.89. The quantitative estimate of drug-likeness (QED) is 0.748. The van der Waals surface area contributed by atoms with Gasteiger partial charge in [0.05, 0.1) is 18.5 Å². The van der Waals surface area contributed by atoms with Crippen LogP contribution in [-0.2, 0) is 21.2 Å². The zero-order valence-electron chi connectivity index (χ0n) is 16.1. The number of likely N-dealkylation sites (tertiary alicyclic amines) is 1. The molecule has 1 heterocycles. The number of piperidine rings is 1. The molecule has 1 fully saturated rings. The van der Waals surface area contributed by atoms with Crippen LogP contribution in [0.3, 0.4) is 0 Å². The molecule has 150 valence electrons. The number of amides is 1. The third kappa shape index (κ3) is 6.65. The number of rotatable bonds is 7. The van der Waals surface area contributed by atoms with Crippen LogP contribution in [0.25, 0.3) is 0 Å². The van der Waals surface area contributed by atoms with E-state index in [9.17, 15) is 13.2 Å². The van der Waals surface area contributed by atoms with E-state index < -0.39 is 10.0 Å². The van der Waals surface area contributed by atoms with Crippen molar-refractivity contribution in [1.82, 2.24) is 4.90 Å². The van der Waals surface area contributed by atoms with Gasteiger partial charge in [0.1, 0.15) is 0 Å². The molecule has 0 spiro atoms. The summed E-state index contributed by atoms with van der Waals surface area (Å²) in [6.45, 7) is 2.18. The first-order valence-electron chi connectivity index (χ1n) is 9.51. The Labute approximate surface area is 167 Å². The predicted molar refractivity (Wildman–Crippen MR) is 113 cm³/mol. The van der Waals surface area contributed by atoms with Crippen LogP contribution in [-0.4, -0.2) is 45.1 Å². The normalized spacial score (nSPS) is 15.9. The lowest BCUT2D eigenvalue weighted by molar-refractivity contribution is -0.117. The molecule has 0 saturated carbocycles. The molecule has 0 bridgehead atoms. The minimum Gasteiger partial charge on any atom is -0.325 e. The largest absolute Gasteiger partial charge is 0.325 e. The van der Waals surface area contributed by atoms with Crippen molar-refractivity contribution in [3.8, 4) is 0 Å². The van der Waals surface area contributed by atoms with Gasteiger partial charge < -0.3 is 5.32 Å². The van der Waals surface area contributed by atoms with Gasteiger partial charge in [0.15, 0.2) is 0 Å². The Bertz CT molecular complexity index is 892. The van der Waals surface area contributed by atoms with Crippen molar-refractivity contribution in [1.29, 1.82) is 0 Å². The van der Waals surface area contributed by atoms with Crippen LogP contribution in [0.4, 0.5) is 11.4 Å². The van der Waals surface area contributed by atoms with Gasteiger partial charge in [-0.15, -0.1) is 0 Å². The van der Waals surface area contributed by atoms with Crippen LogP contribution >= 0.6 is 0 Å². The van der Waals surface area contributed by atoms with E-state index in [0.29, 0.717) is 23.8 Å². The molecule has 1 aliphatic rings. The number of nitrogens with one attached hydrogen (secondary N) is 2. The van der Waals surface area contributed by atoms with Crippen LogP contribution in [0.15, 0.2) is 54.6 Å². The minimum absolute atomic E-state index is 0.0852. The van der Waals surface area contributed by atoms with Crippen LogP contribution in [0.2, 0.25) is 0 Å². The first-order chi connectivity index (χ1) is 13.4. The van der Waals surface area contributed by atoms with E-state index in [4.69, 9.17) is 0 Å². The molecule has 28 heavy (non-hydrogen) atoms. The van der Waals surface area contributed by atoms with Crippen molar-refractivity contribution >= 4 is 27.3 Å². The van der Waals surface area contributed by atoms with Gasteiger partial charge >= 0.3 is 0 Å². The monoisotopic (exact) mass is 401 g/mol. The molecule has 0 aliphatic carbocycles. The third-order valence-corrected chi connectivity index (χ3v) is 5.50. The van der Waals surface area contributed by atoms with Gasteiger partial charge in [-0.05, 0) is 62.0 Å². The van der Waals surface area contributed by atoms with Crippen molar-refractivity contribution in [3.05, 3.63) is 60.2 Å². The fraction of sp³-hybridized carbons (Fsp3) is 0.381. The Morgan fingerprint density at radius 1 is 1.04 bits per heavy atom. The highest BCUT2D eigenvalue weighted by molar-refractivity contribution is 7.92. The first-order valence-corrected chi connectivity index (χ1v) is 11.4. The van der Waals surface area contributed by atoms with Gasteiger partial charge in [0.25, 0.3) is 0 Å². The van der Waals surface area contributed by atoms with Crippen LogP contribution in [0.1, 0.15) is 18.4 Å². The standard InChI is InChI=1S/C21H27N3O3S/c1-28(26,27)23-20-9-5-8-19(15-20)22-21(25)16-24-12-10-18(11-13-24)14-17-6-3-2-4-7-17/h2-9,15,18,23H,10-14,16H2,1H3,(H,22,25). The highest BCUT2D eigenvalue weighted by Crippen LogP contribution is 2.22. The Kier molecular flexibility index (Phi) is 6.70. The second-order valence-corrected chi connectivity index (χ2v) is 9.16.